The molecule has 2 aliphatic heterocycles. The van der Waals surface area contributed by atoms with Crippen LogP contribution in [0.3, 0.4) is 0 Å². The highest BCUT2D eigenvalue weighted by Crippen LogP contribution is 2.31. The summed E-state index contributed by atoms with van der Waals surface area (Å²) in [6.45, 7) is 5.12. The number of anilines is 1. The molecule has 1 N–H and O–H groups in total. The molecule has 1 atom stereocenters. The van der Waals surface area contributed by atoms with E-state index in [1.54, 1.807) is 16.9 Å². The quantitative estimate of drug-likeness (QED) is 0.684. The Kier molecular flexibility index (Phi) is 6.91. The van der Waals surface area contributed by atoms with Crippen molar-refractivity contribution >= 4 is 23.4 Å². The van der Waals surface area contributed by atoms with Crippen LogP contribution in [-0.4, -0.2) is 54.9 Å². The third-order valence-corrected chi connectivity index (χ3v) is 6.85. The van der Waals surface area contributed by atoms with Gasteiger partial charge in [0, 0.05) is 37.2 Å². The number of piperazine rings is 1. The second kappa shape index (κ2) is 9.87. The van der Waals surface area contributed by atoms with E-state index in [1.807, 2.05) is 50.2 Å². The molecule has 0 spiro atoms. The molecule has 2 saturated heterocycles. The van der Waals surface area contributed by atoms with Crippen LogP contribution < -0.4 is 15.0 Å². The summed E-state index contributed by atoms with van der Waals surface area (Å²) in [5.74, 6) is 0.710. The van der Waals surface area contributed by atoms with Crippen molar-refractivity contribution in [2.45, 2.75) is 51.5 Å². The molecule has 0 radical (unpaired) electrons. The number of rotatable bonds is 7. The summed E-state index contributed by atoms with van der Waals surface area (Å²) in [7, 11) is 1.63. The topological polar surface area (TPSA) is 79.0 Å². The van der Waals surface area contributed by atoms with Gasteiger partial charge in [-0.3, -0.25) is 14.4 Å². The van der Waals surface area contributed by atoms with Gasteiger partial charge < -0.3 is 19.9 Å². The maximum absolute atomic E-state index is 13.0. The zero-order chi connectivity index (χ0) is 24.3. The SMILES string of the molecule is COc1ccc(CC2(CCC(=O)N3CCN(c4cc(C)cc(C)c4)C(=O)C3)CCC(=O)N2)cc1. The van der Waals surface area contributed by atoms with Gasteiger partial charge in [-0.2, -0.15) is 0 Å². The van der Waals surface area contributed by atoms with Crippen molar-refractivity contribution in [2.24, 2.45) is 0 Å². The molecule has 7 nitrogen and oxygen atoms in total. The summed E-state index contributed by atoms with van der Waals surface area (Å²) in [6, 6.07) is 13.9. The first kappa shape index (κ1) is 23.8. The van der Waals surface area contributed by atoms with Crippen LogP contribution in [0, 0.1) is 13.8 Å². The molecule has 0 aliphatic carbocycles. The van der Waals surface area contributed by atoms with Crippen LogP contribution in [0.2, 0.25) is 0 Å². The van der Waals surface area contributed by atoms with Crippen molar-refractivity contribution in [3.8, 4) is 5.75 Å². The van der Waals surface area contributed by atoms with E-state index in [4.69, 9.17) is 4.74 Å². The summed E-state index contributed by atoms with van der Waals surface area (Å²) in [5.41, 5.74) is 3.77. The molecule has 2 aromatic rings. The van der Waals surface area contributed by atoms with Crippen molar-refractivity contribution in [3.63, 3.8) is 0 Å². The fourth-order valence-corrected chi connectivity index (χ4v) is 5.09. The highest BCUT2D eigenvalue weighted by atomic mass is 16.5. The van der Waals surface area contributed by atoms with E-state index >= 15 is 0 Å². The van der Waals surface area contributed by atoms with E-state index in [0.29, 0.717) is 45.2 Å². The average Bonchev–Trinajstić information content (AvgIpc) is 3.17. The molecule has 0 bridgehead atoms. The minimum absolute atomic E-state index is 0.0261. The lowest BCUT2D eigenvalue weighted by Crippen LogP contribution is -2.53. The Labute approximate surface area is 201 Å². The number of nitrogens with zero attached hydrogens (tertiary/aromatic N) is 2. The number of nitrogens with one attached hydrogen (secondary N) is 1. The van der Waals surface area contributed by atoms with Gasteiger partial charge in [0.25, 0.3) is 0 Å². The van der Waals surface area contributed by atoms with E-state index in [9.17, 15) is 14.4 Å². The van der Waals surface area contributed by atoms with E-state index < -0.39 is 5.54 Å². The summed E-state index contributed by atoms with van der Waals surface area (Å²) in [6.07, 6.45) is 2.68. The van der Waals surface area contributed by atoms with Gasteiger partial charge >= 0.3 is 0 Å². The fourth-order valence-electron chi connectivity index (χ4n) is 5.09. The van der Waals surface area contributed by atoms with Crippen molar-refractivity contribution in [1.82, 2.24) is 10.2 Å². The van der Waals surface area contributed by atoms with Gasteiger partial charge in [0.2, 0.25) is 17.7 Å². The normalized spacial score (nSPS) is 20.4. The molecule has 2 aromatic carbocycles. The van der Waals surface area contributed by atoms with Gasteiger partial charge in [0.1, 0.15) is 12.3 Å². The molecule has 180 valence electrons. The molecule has 34 heavy (non-hydrogen) atoms. The minimum Gasteiger partial charge on any atom is -0.497 e. The molecular formula is C27H33N3O4. The van der Waals surface area contributed by atoms with Crippen LogP contribution in [0.1, 0.15) is 42.4 Å². The number of aryl methyl sites for hydroxylation is 2. The Hall–Kier alpha value is -3.35. The summed E-state index contributed by atoms with van der Waals surface area (Å²) < 4.78 is 5.23. The van der Waals surface area contributed by atoms with Crippen molar-refractivity contribution < 1.29 is 19.1 Å². The molecular weight excluding hydrogens is 430 g/mol. The Morgan fingerprint density at radius 1 is 1.06 bits per heavy atom. The number of amides is 3. The largest absolute Gasteiger partial charge is 0.497 e. The number of hydrogen-bond acceptors (Lipinski definition) is 4. The average molecular weight is 464 g/mol. The van der Waals surface area contributed by atoms with Gasteiger partial charge in [-0.05, 0) is 74.1 Å². The highest BCUT2D eigenvalue weighted by molar-refractivity contribution is 5.98. The molecule has 7 heteroatoms. The van der Waals surface area contributed by atoms with Crippen LogP contribution in [0.5, 0.6) is 5.75 Å². The smallest absolute Gasteiger partial charge is 0.246 e. The van der Waals surface area contributed by atoms with E-state index in [0.717, 1.165) is 28.1 Å². The van der Waals surface area contributed by atoms with Gasteiger partial charge in [-0.25, -0.2) is 0 Å². The number of methoxy groups -OCH3 is 1. The number of hydrogen-bond donors (Lipinski definition) is 1. The summed E-state index contributed by atoms with van der Waals surface area (Å²) >= 11 is 0. The first-order valence-corrected chi connectivity index (χ1v) is 11.9. The highest BCUT2D eigenvalue weighted by Gasteiger charge is 2.38. The second-order valence-corrected chi connectivity index (χ2v) is 9.56. The van der Waals surface area contributed by atoms with Crippen LogP contribution in [0.15, 0.2) is 42.5 Å². The summed E-state index contributed by atoms with van der Waals surface area (Å²) in [4.78, 5) is 41.4. The van der Waals surface area contributed by atoms with Gasteiger partial charge in [0.15, 0.2) is 0 Å². The van der Waals surface area contributed by atoms with E-state index in [-0.39, 0.29) is 24.3 Å². The van der Waals surface area contributed by atoms with Crippen LogP contribution in [0.4, 0.5) is 5.69 Å². The molecule has 2 heterocycles. The van der Waals surface area contributed by atoms with E-state index in [1.165, 1.54) is 0 Å². The number of carbonyl (C=O) groups is 3. The van der Waals surface area contributed by atoms with Crippen molar-refractivity contribution in [1.29, 1.82) is 0 Å². The minimum atomic E-state index is -0.438. The van der Waals surface area contributed by atoms with Gasteiger partial charge in [-0.15, -0.1) is 0 Å². The lowest BCUT2D eigenvalue weighted by molar-refractivity contribution is -0.137. The Balaban J connectivity index is 1.37. The van der Waals surface area contributed by atoms with E-state index in [2.05, 4.69) is 11.4 Å². The van der Waals surface area contributed by atoms with Crippen molar-refractivity contribution in [2.75, 3.05) is 31.6 Å². The predicted octanol–water partition coefficient (Wildman–Crippen LogP) is 3.16. The number of benzene rings is 2. The third kappa shape index (κ3) is 5.41. The zero-order valence-electron chi connectivity index (χ0n) is 20.2. The maximum Gasteiger partial charge on any atom is 0.246 e. The van der Waals surface area contributed by atoms with Crippen LogP contribution >= 0.6 is 0 Å². The van der Waals surface area contributed by atoms with Gasteiger partial charge in [-0.1, -0.05) is 18.2 Å². The first-order chi connectivity index (χ1) is 16.3. The molecule has 1 unspecified atom stereocenters. The Morgan fingerprint density at radius 2 is 1.76 bits per heavy atom. The monoisotopic (exact) mass is 463 g/mol. The van der Waals surface area contributed by atoms with Crippen molar-refractivity contribution in [3.05, 3.63) is 59.2 Å². The fraction of sp³-hybridized carbons (Fsp3) is 0.444. The predicted molar refractivity (Wildman–Crippen MR) is 131 cm³/mol. The van der Waals surface area contributed by atoms with Crippen LogP contribution in [-0.2, 0) is 20.8 Å². The third-order valence-electron chi connectivity index (χ3n) is 6.85. The molecule has 3 amide bonds. The first-order valence-electron chi connectivity index (χ1n) is 11.9. The standard InChI is InChI=1S/C27H33N3O4/c1-19-14-20(2)16-22(15-19)30-13-12-29(18-26(30)33)25(32)9-11-27(10-8-24(31)28-27)17-21-4-6-23(34-3)7-5-21/h4-7,14-16H,8-13,17-18H2,1-3H3,(H,28,31). The molecule has 2 fully saturated rings. The Bertz CT molecular complexity index is 1060. The molecule has 0 saturated carbocycles. The van der Waals surface area contributed by atoms with Gasteiger partial charge in [0.05, 0.1) is 7.11 Å². The van der Waals surface area contributed by atoms with Crippen LogP contribution in [0.25, 0.3) is 0 Å². The lowest BCUT2D eigenvalue weighted by atomic mass is 9.85. The lowest BCUT2D eigenvalue weighted by Gasteiger charge is -2.36. The molecule has 0 aromatic heterocycles. The molecule has 4 rings (SSSR count). The Morgan fingerprint density at radius 3 is 2.35 bits per heavy atom. The second-order valence-electron chi connectivity index (χ2n) is 9.56. The molecule has 2 aliphatic rings. The number of carbonyl (C=O) groups excluding carboxylic acids is 3. The number of ether oxygens (including phenoxy) is 1. The maximum atomic E-state index is 13.0. The summed E-state index contributed by atoms with van der Waals surface area (Å²) in [5, 5.41) is 3.13. The zero-order valence-corrected chi connectivity index (χ0v) is 20.2.